The number of carbonyl (C=O) groups excluding carboxylic acids is 4. The molecule has 0 aromatic carbocycles. The topological polar surface area (TPSA) is 182 Å². The molecule has 3 rings (SSSR count). The standard InChI is InChI=1S/C35H62N5O9PS/c1-8-24(9-2)48-28-21-25(20-26(31(28)37-23(3)41)39-34(44)49-35(4,5)6)50(45,46-7)47-19-15-11-10-14-18-36-30(42)17-13-12-16-29-32-27(22-51-29)38-33(43)40-32/h21,24,26-29,31-32H,8-20,22H2,1-7H3,(H,36,42)(H,37,41)(H,39,44)(H2,38,40,43)/t26-,27-,28+,29-,31+,32-,50?/m0/s1. The number of carbonyl (C=O) groups is 4. The van der Waals surface area contributed by atoms with Gasteiger partial charge in [-0.3, -0.25) is 14.2 Å². The number of unbranched alkanes of at least 4 members (excludes halogenated alkanes) is 4. The molecular weight excluding hydrogens is 697 g/mol. The van der Waals surface area contributed by atoms with E-state index in [0.717, 1.165) is 57.1 Å². The van der Waals surface area contributed by atoms with Crippen LogP contribution in [-0.2, 0) is 32.7 Å². The molecule has 0 radical (unpaired) electrons. The summed E-state index contributed by atoms with van der Waals surface area (Å²) in [5.41, 5.74) is -0.739. The molecule has 0 aromatic rings. The second-order valence-corrected chi connectivity index (χ2v) is 18.0. The Bertz CT molecular complexity index is 1240. The third-order valence-corrected chi connectivity index (χ3v) is 12.8. The summed E-state index contributed by atoms with van der Waals surface area (Å²) in [6.45, 7) is 11.5. The summed E-state index contributed by atoms with van der Waals surface area (Å²) in [5, 5.41) is 15.5. The Kier molecular flexibility index (Phi) is 17.6. The van der Waals surface area contributed by atoms with Gasteiger partial charge in [0, 0.05) is 49.7 Å². The first-order valence-electron chi connectivity index (χ1n) is 18.6. The Morgan fingerprint density at radius 2 is 1.76 bits per heavy atom. The molecule has 7 atom stereocenters. The van der Waals surface area contributed by atoms with Crippen molar-refractivity contribution in [2.45, 2.75) is 159 Å². The average Bonchev–Trinajstić information content (AvgIpc) is 3.61. The number of nitrogens with one attached hydrogen (secondary N) is 5. The lowest BCUT2D eigenvalue weighted by Crippen LogP contribution is -2.59. The summed E-state index contributed by atoms with van der Waals surface area (Å²) >= 11 is 1.89. The van der Waals surface area contributed by atoms with Crippen LogP contribution in [0.3, 0.4) is 0 Å². The van der Waals surface area contributed by atoms with E-state index in [1.807, 2.05) is 25.6 Å². The summed E-state index contributed by atoms with van der Waals surface area (Å²) in [6.07, 6.45) is 8.23. The molecule has 51 heavy (non-hydrogen) atoms. The van der Waals surface area contributed by atoms with Gasteiger partial charge in [-0.25, -0.2) is 9.59 Å². The first kappa shape index (κ1) is 43.1. The third-order valence-electron chi connectivity index (χ3n) is 9.23. The molecule has 3 aliphatic rings. The fraction of sp³-hybridized carbons (Fsp3) is 0.829. The minimum absolute atomic E-state index is 0.0552. The molecular formula is C35H62N5O9PS. The minimum atomic E-state index is -3.76. The largest absolute Gasteiger partial charge is 0.444 e. The van der Waals surface area contributed by atoms with E-state index in [1.54, 1.807) is 26.8 Å². The number of hydrogen-bond donors (Lipinski definition) is 5. The Balaban J connectivity index is 1.44. The number of thioether (sulfide) groups is 1. The van der Waals surface area contributed by atoms with Crippen LogP contribution in [0.15, 0.2) is 11.4 Å². The van der Waals surface area contributed by atoms with E-state index in [0.29, 0.717) is 30.0 Å². The van der Waals surface area contributed by atoms with Gasteiger partial charge in [-0.1, -0.05) is 33.1 Å². The highest BCUT2D eigenvalue weighted by molar-refractivity contribution is 8.00. The van der Waals surface area contributed by atoms with Crippen molar-refractivity contribution in [3.05, 3.63) is 11.4 Å². The normalized spacial score (nSPS) is 25.6. The maximum Gasteiger partial charge on any atom is 0.407 e. The van der Waals surface area contributed by atoms with Crippen LogP contribution in [0.25, 0.3) is 0 Å². The van der Waals surface area contributed by atoms with Gasteiger partial charge in [0.2, 0.25) is 11.8 Å². The first-order chi connectivity index (χ1) is 24.2. The van der Waals surface area contributed by atoms with Crippen molar-refractivity contribution in [1.82, 2.24) is 26.6 Å². The lowest BCUT2D eigenvalue weighted by molar-refractivity contribution is -0.122. The zero-order chi connectivity index (χ0) is 37.6. The second-order valence-electron chi connectivity index (χ2n) is 14.5. The number of fused-ring (bicyclic) bond motifs is 1. The molecule has 2 saturated heterocycles. The van der Waals surface area contributed by atoms with E-state index in [9.17, 15) is 23.7 Å². The van der Waals surface area contributed by atoms with Gasteiger partial charge in [0.05, 0.1) is 43.0 Å². The minimum Gasteiger partial charge on any atom is -0.444 e. The molecule has 292 valence electrons. The Morgan fingerprint density at radius 3 is 2.43 bits per heavy atom. The van der Waals surface area contributed by atoms with Gasteiger partial charge in [0.25, 0.3) is 0 Å². The zero-order valence-corrected chi connectivity index (χ0v) is 33.3. The molecule has 0 aromatic heterocycles. The lowest BCUT2D eigenvalue weighted by Gasteiger charge is -2.40. The molecule has 1 unspecified atom stereocenters. The summed E-state index contributed by atoms with van der Waals surface area (Å²) in [5.74, 6) is 0.707. The van der Waals surface area contributed by atoms with Gasteiger partial charge in [0.1, 0.15) is 5.60 Å². The summed E-state index contributed by atoms with van der Waals surface area (Å²) in [4.78, 5) is 49.0. The van der Waals surface area contributed by atoms with Crippen molar-refractivity contribution >= 4 is 43.3 Å². The first-order valence-corrected chi connectivity index (χ1v) is 21.2. The van der Waals surface area contributed by atoms with Crippen molar-refractivity contribution in [3.8, 4) is 0 Å². The highest BCUT2D eigenvalue weighted by atomic mass is 32.2. The van der Waals surface area contributed by atoms with Gasteiger partial charge in [-0.15, -0.1) is 0 Å². The Hall–Kier alpha value is -2.32. The van der Waals surface area contributed by atoms with E-state index in [2.05, 4.69) is 26.6 Å². The van der Waals surface area contributed by atoms with Crippen LogP contribution < -0.4 is 26.6 Å². The number of urea groups is 1. The molecule has 0 spiro atoms. The fourth-order valence-electron chi connectivity index (χ4n) is 6.60. The van der Waals surface area contributed by atoms with Gasteiger partial charge in [-0.05, 0) is 65.4 Å². The van der Waals surface area contributed by atoms with Crippen LogP contribution in [0.1, 0.15) is 112 Å². The quantitative estimate of drug-likeness (QED) is 0.0569. The molecule has 0 bridgehead atoms. The van der Waals surface area contributed by atoms with Gasteiger partial charge < -0.3 is 45.1 Å². The summed E-state index contributed by atoms with van der Waals surface area (Å²) in [7, 11) is -2.42. The van der Waals surface area contributed by atoms with Gasteiger partial charge >= 0.3 is 19.7 Å². The monoisotopic (exact) mass is 759 g/mol. The second kappa shape index (κ2) is 20.8. The van der Waals surface area contributed by atoms with E-state index in [1.165, 1.54) is 14.0 Å². The van der Waals surface area contributed by atoms with Crippen LogP contribution >= 0.6 is 19.4 Å². The van der Waals surface area contributed by atoms with Crippen molar-refractivity contribution in [2.75, 3.05) is 26.0 Å². The molecule has 2 aliphatic heterocycles. The van der Waals surface area contributed by atoms with Crippen molar-refractivity contribution in [1.29, 1.82) is 0 Å². The number of rotatable bonds is 21. The summed E-state index contributed by atoms with van der Waals surface area (Å²) in [6, 6.07) is -0.986. The maximum absolute atomic E-state index is 14.1. The Labute approximate surface area is 308 Å². The van der Waals surface area contributed by atoms with Crippen LogP contribution in [0, 0.1) is 0 Å². The number of amides is 5. The number of hydrogen-bond acceptors (Lipinski definition) is 10. The number of alkyl carbamates (subject to hydrolysis) is 1. The molecule has 2 heterocycles. The fourth-order valence-corrected chi connectivity index (χ4v) is 9.77. The van der Waals surface area contributed by atoms with E-state index in [-0.39, 0.29) is 49.1 Å². The SMILES string of the molecule is CCC(CC)O[C@@H]1C=C(P(=O)(OC)OCCCCCCNC(=O)CCCC[C@@H]2SC[C@@H]3NC(=O)N[C@@H]32)C[C@H](NC(=O)OC(C)(C)C)[C@H]1NC(C)=O. The van der Waals surface area contributed by atoms with Crippen LogP contribution in [0.2, 0.25) is 0 Å². The predicted molar refractivity (Wildman–Crippen MR) is 199 cm³/mol. The zero-order valence-electron chi connectivity index (χ0n) is 31.5. The maximum atomic E-state index is 14.1. The average molecular weight is 760 g/mol. The third kappa shape index (κ3) is 14.2. The highest BCUT2D eigenvalue weighted by Crippen LogP contribution is 2.58. The van der Waals surface area contributed by atoms with E-state index < -0.39 is 37.5 Å². The van der Waals surface area contributed by atoms with Crippen LogP contribution in [0.5, 0.6) is 0 Å². The van der Waals surface area contributed by atoms with Crippen molar-refractivity contribution in [2.24, 2.45) is 0 Å². The van der Waals surface area contributed by atoms with Gasteiger partial charge in [-0.2, -0.15) is 11.8 Å². The van der Waals surface area contributed by atoms with Crippen molar-refractivity contribution in [3.63, 3.8) is 0 Å². The predicted octanol–water partition coefficient (Wildman–Crippen LogP) is 5.50. The molecule has 0 saturated carbocycles. The van der Waals surface area contributed by atoms with Crippen molar-refractivity contribution < 1.29 is 42.3 Å². The smallest absolute Gasteiger partial charge is 0.407 e. The molecule has 5 N–H and O–H groups in total. The number of ether oxygens (including phenoxy) is 2. The molecule has 16 heteroatoms. The molecule has 1 aliphatic carbocycles. The lowest BCUT2D eigenvalue weighted by atomic mass is 9.92. The molecule has 14 nitrogen and oxygen atoms in total. The molecule has 2 fully saturated rings. The van der Waals surface area contributed by atoms with Gasteiger partial charge in [0.15, 0.2) is 0 Å². The highest BCUT2D eigenvalue weighted by Gasteiger charge is 2.44. The van der Waals surface area contributed by atoms with E-state index >= 15 is 0 Å². The van der Waals surface area contributed by atoms with Crippen LogP contribution in [0.4, 0.5) is 9.59 Å². The van der Waals surface area contributed by atoms with E-state index in [4.69, 9.17) is 18.5 Å². The summed E-state index contributed by atoms with van der Waals surface area (Å²) < 4.78 is 37.4. The Morgan fingerprint density at radius 1 is 1.04 bits per heavy atom. The molecule has 5 amide bonds. The van der Waals surface area contributed by atoms with Crippen LogP contribution in [-0.4, -0.2) is 97.2 Å².